The van der Waals surface area contributed by atoms with Crippen LogP contribution in [0.3, 0.4) is 0 Å². The number of primary sulfonamides is 1. The van der Waals surface area contributed by atoms with E-state index in [1.54, 1.807) is 17.0 Å². The minimum atomic E-state index is -4.16. The molecular weight excluding hydrogens is 433 g/mol. The lowest BCUT2D eigenvalue weighted by Crippen LogP contribution is -2.48. The van der Waals surface area contributed by atoms with Gasteiger partial charge in [0.25, 0.3) is 0 Å². The zero-order chi connectivity index (χ0) is 21.3. The fourth-order valence-corrected chi connectivity index (χ4v) is 5.84. The molecule has 7 N–H and O–H groups in total. The van der Waals surface area contributed by atoms with Gasteiger partial charge in [-0.3, -0.25) is 4.72 Å². The Morgan fingerprint density at radius 2 is 2.17 bits per heavy atom. The topological polar surface area (TPSA) is 168 Å². The maximum Gasteiger partial charge on any atom is 0.240 e. The van der Waals surface area contributed by atoms with E-state index in [2.05, 4.69) is 30.7 Å². The molecule has 0 radical (unpaired) electrons. The molecule has 0 unspecified atom stereocenters. The third kappa shape index (κ3) is 4.43. The third-order valence-corrected chi connectivity index (χ3v) is 7.41. The van der Waals surface area contributed by atoms with Crippen molar-refractivity contribution in [3.8, 4) is 11.4 Å². The van der Waals surface area contributed by atoms with Gasteiger partial charge in [0.15, 0.2) is 0 Å². The monoisotopic (exact) mass is 457 g/mol. The standard InChI is InChI=1S/C16H24FN9O2S2/c17-10-8-26(6-4-11(10)18)12-1-2-13(29-23-9-3-5-20-7-9)15(30(19,27)28)14(12)16-21-24-25-22-16/h1-2,9-11,20,23H,3-8,18H2,(H2,19,27,28)(H,21,22,24,25)/t9-,10+,11-/m1/s1. The number of alkyl halides is 1. The molecule has 1 aromatic heterocycles. The number of sulfonamides is 1. The lowest BCUT2D eigenvalue weighted by Gasteiger charge is -2.35. The predicted molar refractivity (Wildman–Crippen MR) is 111 cm³/mol. The number of tetrazole rings is 1. The van der Waals surface area contributed by atoms with Gasteiger partial charge in [-0.2, -0.15) is 5.21 Å². The van der Waals surface area contributed by atoms with E-state index in [-0.39, 0.29) is 28.9 Å². The number of nitrogens with one attached hydrogen (secondary N) is 3. The van der Waals surface area contributed by atoms with E-state index >= 15 is 0 Å². The number of rotatable bonds is 6. The van der Waals surface area contributed by atoms with Gasteiger partial charge in [0.05, 0.1) is 12.1 Å². The van der Waals surface area contributed by atoms with Crippen molar-refractivity contribution in [2.45, 2.75) is 40.9 Å². The molecule has 30 heavy (non-hydrogen) atoms. The highest BCUT2D eigenvalue weighted by Crippen LogP contribution is 2.40. The van der Waals surface area contributed by atoms with Crippen LogP contribution in [-0.2, 0) is 10.0 Å². The lowest BCUT2D eigenvalue weighted by atomic mass is 10.0. The highest BCUT2D eigenvalue weighted by Gasteiger charge is 2.32. The molecule has 164 valence electrons. The van der Waals surface area contributed by atoms with E-state index in [9.17, 15) is 12.8 Å². The van der Waals surface area contributed by atoms with E-state index in [0.29, 0.717) is 23.5 Å². The summed E-state index contributed by atoms with van der Waals surface area (Å²) < 4.78 is 42.9. The van der Waals surface area contributed by atoms with Crippen LogP contribution in [0.15, 0.2) is 21.9 Å². The molecule has 3 atom stereocenters. The summed E-state index contributed by atoms with van der Waals surface area (Å²) in [6, 6.07) is 3.06. The van der Waals surface area contributed by atoms with Gasteiger partial charge in [-0.1, -0.05) is 0 Å². The van der Waals surface area contributed by atoms with Crippen molar-refractivity contribution in [1.82, 2.24) is 30.7 Å². The first-order valence-corrected chi connectivity index (χ1v) is 11.9. The van der Waals surface area contributed by atoms with Crippen LogP contribution in [0, 0.1) is 0 Å². The number of H-pyrrole nitrogens is 1. The molecule has 3 heterocycles. The van der Waals surface area contributed by atoms with Crippen molar-refractivity contribution in [3.63, 3.8) is 0 Å². The van der Waals surface area contributed by atoms with Gasteiger partial charge >= 0.3 is 0 Å². The van der Waals surface area contributed by atoms with Gasteiger partial charge in [-0.25, -0.2) is 17.9 Å². The minimum Gasteiger partial charge on any atom is -0.368 e. The summed E-state index contributed by atoms with van der Waals surface area (Å²) in [6.45, 7) is 2.19. The fourth-order valence-electron chi connectivity index (χ4n) is 3.71. The van der Waals surface area contributed by atoms with Crippen LogP contribution in [0.5, 0.6) is 0 Å². The van der Waals surface area contributed by atoms with Crippen molar-refractivity contribution >= 4 is 27.7 Å². The van der Waals surface area contributed by atoms with E-state index in [1.165, 1.54) is 11.9 Å². The van der Waals surface area contributed by atoms with Crippen molar-refractivity contribution < 1.29 is 12.8 Å². The molecule has 1 aromatic carbocycles. The first kappa shape index (κ1) is 21.4. The molecule has 0 amide bonds. The molecule has 0 spiro atoms. The van der Waals surface area contributed by atoms with Crippen molar-refractivity contribution in [2.24, 2.45) is 10.9 Å². The molecular formula is C16H24FN9O2S2. The Labute approximate surface area is 177 Å². The normalized spacial score (nSPS) is 25.0. The Morgan fingerprint density at radius 1 is 1.33 bits per heavy atom. The molecule has 2 saturated heterocycles. The second-order valence-electron chi connectivity index (χ2n) is 7.39. The number of aromatic amines is 1. The van der Waals surface area contributed by atoms with Crippen LogP contribution in [0.1, 0.15) is 12.8 Å². The zero-order valence-corrected chi connectivity index (χ0v) is 17.7. The van der Waals surface area contributed by atoms with Crippen LogP contribution >= 0.6 is 11.9 Å². The van der Waals surface area contributed by atoms with E-state index in [0.717, 1.165) is 19.5 Å². The average Bonchev–Trinajstić information content (AvgIpc) is 3.41. The number of piperidine rings is 1. The van der Waals surface area contributed by atoms with Gasteiger partial charge in [0.1, 0.15) is 11.1 Å². The molecule has 2 aromatic rings. The van der Waals surface area contributed by atoms with Crippen molar-refractivity contribution in [1.29, 1.82) is 0 Å². The number of hydrogen-bond donors (Lipinski definition) is 5. The molecule has 2 aliphatic heterocycles. The maximum absolute atomic E-state index is 14.3. The first-order chi connectivity index (χ1) is 14.3. The average molecular weight is 458 g/mol. The van der Waals surface area contributed by atoms with E-state index in [4.69, 9.17) is 10.9 Å². The molecule has 0 aliphatic carbocycles. The molecule has 0 bridgehead atoms. The quantitative estimate of drug-likeness (QED) is 0.351. The summed E-state index contributed by atoms with van der Waals surface area (Å²) in [7, 11) is -4.16. The van der Waals surface area contributed by atoms with Crippen LogP contribution in [0.4, 0.5) is 10.1 Å². The molecule has 4 rings (SSSR count). The number of anilines is 1. The number of nitrogens with two attached hydrogens (primary N) is 2. The third-order valence-electron chi connectivity index (χ3n) is 5.28. The molecule has 2 fully saturated rings. The van der Waals surface area contributed by atoms with Gasteiger partial charge in [-0.05, 0) is 48.7 Å². The number of hydrogen-bond acceptors (Lipinski definition) is 10. The number of benzene rings is 1. The van der Waals surface area contributed by atoms with E-state index < -0.39 is 22.2 Å². The van der Waals surface area contributed by atoms with Crippen molar-refractivity contribution in [3.05, 3.63) is 12.1 Å². The minimum absolute atomic E-state index is 0.0363. The Bertz CT molecular complexity index is 983. The summed E-state index contributed by atoms with van der Waals surface area (Å²) in [5.74, 6) is 0.0734. The summed E-state index contributed by atoms with van der Waals surface area (Å²) in [5, 5.41) is 22.7. The number of halogens is 1. The maximum atomic E-state index is 14.3. The van der Waals surface area contributed by atoms with E-state index in [1.807, 2.05) is 0 Å². The number of aromatic nitrogens is 4. The van der Waals surface area contributed by atoms with Gasteiger partial charge < -0.3 is 16.0 Å². The largest absolute Gasteiger partial charge is 0.368 e. The van der Waals surface area contributed by atoms with Crippen molar-refractivity contribution in [2.75, 3.05) is 31.1 Å². The summed E-state index contributed by atoms with van der Waals surface area (Å²) in [6.07, 6.45) is 0.129. The Morgan fingerprint density at radius 3 is 2.80 bits per heavy atom. The Kier molecular flexibility index (Phi) is 6.22. The fraction of sp³-hybridized carbons (Fsp3) is 0.562. The van der Waals surface area contributed by atoms with Crippen LogP contribution < -0.4 is 25.8 Å². The molecule has 14 heteroatoms. The van der Waals surface area contributed by atoms with Crippen LogP contribution in [-0.4, -0.2) is 73.5 Å². The highest BCUT2D eigenvalue weighted by molar-refractivity contribution is 7.98. The van der Waals surface area contributed by atoms with Crippen LogP contribution in [0.2, 0.25) is 0 Å². The predicted octanol–water partition coefficient (Wildman–Crippen LogP) is -0.652. The summed E-state index contributed by atoms with van der Waals surface area (Å²) in [4.78, 5) is 2.05. The molecule has 0 saturated carbocycles. The SMILES string of the molecule is N[C@@H]1CCN(c2ccc(SN[C@@H]3CCNC3)c(S(N)(=O)=O)c2-c2nn[nH]n2)C[C@@H]1F. The summed E-state index contributed by atoms with van der Waals surface area (Å²) in [5.41, 5.74) is 6.47. The second-order valence-corrected chi connectivity index (χ2v) is 9.77. The smallest absolute Gasteiger partial charge is 0.240 e. The Balaban J connectivity index is 1.79. The van der Waals surface area contributed by atoms with Gasteiger partial charge in [0, 0.05) is 35.8 Å². The molecule has 11 nitrogen and oxygen atoms in total. The Hall–Kier alpha value is -1.84. The van der Waals surface area contributed by atoms with Gasteiger partial charge in [-0.15, -0.1) is 10.2 Å². The van der Waals surface area contributed by atoms with Gasteiger partial charge in [0.2, 0.25) is 15.8 Å². The number of nitrogens with zero attached hydrogens (tertiary/aromatic N) is 4. The highest BCUT2D eigenvalue weighted by atomic mass is 32.2. The van der Waals surface area contributed by atoms with Crippen LogP contribution in [0.25, 0.3) is 11.4 Å². The zero-order valence-electron chi connectivity index (χ0n) is 16.1. The lowest BCUT2D eigenvalue weighted by molar-refractivity contribution is 0.251. The first-order valence-electron chi connectivity index (χ1n) is 9.56. The molecule has 2 aliphatic rings. The summed E-state index contributed by atoms with van der Waals surface area (Å²) >= 11 is 1.19. The second kappa shape index (κ2) is 8.72.